The highest BCUT2D eigenvalue weighted by atomic mass is 31.2. The SMILES string of the molecule is CC(C)(C)[Si]OC(C)(C)[C@H]1CN(c2ccc(OC[C@]3(OP(=O)(OCc4ccccc4)OCc4ccccc4)C[C@H]4COc5c(c(F)cc6c(=O)c(C(=O)OCc7ccccc7)cn(C7CC7)c56)N4C3)c(F)c2)C(=O)O1. The number of cyclic esters (lactones) is 1. The number of benzene rings is 5. The van der Waals surface area contributed by atoms with E-state index in [1.54, 1.807) is 45.9 Å². The van der Waals surface area contributed by atoms with Crippen molar-refractivity contribution in [3.8, 4) is 11.5 Å². The summed E-state index contributed by atoms with van der Waals surface area (Å²) in [5.74, 6) is -2.59. The molecule has 0 bridgehead atoms. The summed E-state index contributed by atoms with van der Waals surface area (Å²) < 4.78 is 99.7. The van der Waals surface area contributed by atoms with E-state index in [1.807, 2.05) is 68.4 Å². The summed E-state index contributed by atoms with van der Waals surface area (Å²) in [7, 11) is -4.46. The van der Waals surface area contributed by atoms with Gasteiger partial charge in [0, 0.05) is 24.7 Å². The molecule has 1 aliphatic carbocycles. The van der Waals surface area contributed by atoms with E-state index < -0.39 is 66.9 Å². The number of ether oxygens (including phenoxy) is 4. The van der Waals surface area contributed by atoms with Gasteiger partial charge in [0.25, 0.3) is 0 Å². The Morgan fingerprint density at radius 2 is 1.44 bits per heavy atom. The molecule has 4 heterocycles. The van der Waals surface area contributed by atoms with Crippen molar-refractivity contribution in [2.45, 2.75) is 108 Å². The number of nitrogens with zero attached hydrogens (tertiary/aromatic N) is 3. The van der Waals surface area contributed by atoms with Gasteiger partial charge in [0.2, 0.25) is 15.2 Å². The molecule has 4 aliphatic rings. The lowest BCUT2D eigenvalue weighted by Crippen LogP contribution is -2.44. The standard InChI is InChI=1S/C56H58F2N3O12PSi/c1-54(2,3)75-73-55(4,5)47-29-60(53(64)71-47)40-23-24-46(44(57)25-40)68-35-56(72-74(65,69-31-37-17-11-7-12-18-37)70-32-38-19-13-8-14-20-38)27-41-33-66-51-48-42(26-45(58)49(51)61(41)34-56)50(62)43(28-59(48)39-21-22-39)52(63)67-30-36-15-9-6-10-16-36/h6-20,23-26,28,39,41,47H,21-22,27,29-35H2,1-5H3/t41-,47+,56-/m0/s1. The zero-order valence-electron chi connectivity index (χ0n) is 42.3. The molecular weight excluding hydrogens is 1000 g/mol. The van der Waals surface area contributed by atoms with E-state index in [9.17, 15) is 14.4 Å². The normalized spacial score (nSPS) is 19.6. The zero-order chi connectivity index (χ0) is 52.7. The molecule has 5 aromatic carbocycles. The Balaban J connectivity index is 0.972. The molecule has 1 aromatic heterocycles. The number of phosphoric ester groups is 1. The smallest absolute Gasteiger partial charge is 0.476 e. The van der Waals surface area contributed by atoms with Crippen molar-refractivity contribution >= 4 is 51.9 Å². The molecule has 10 rings (SSSR count). The second-order valence-corrected chi connectivity index (χ2v) is 24.5. The van der Waals surface area contributed by atoms with Gasteiger partial charge in [0.15, 0.2) is 23.1 Å². The number of rotatable bonds is 19. The largest absolute Gasteiger partial charge is 0.487 e. The number of carbonyl (C=O) groups excluding carboxylic acids is 2. The number of aromatic nitrogens is 1. The molecule has 19 heteroatoms. The molecule has 392 valence electrons. The number of halogens is 2. The molecule has 3 fully saturated rings. The van der Waals surface area contributed by atoms with Gasteiger partial charge in [-0.3, -0.25) is 23.3 Å². The Labute approximate surface area is 436 Å². The number of phosphoric acid groups is 1. The van der Waals surface area contributed by atoms with Crippen LogP contribution in [0.25, 0.3) is 10.9 Å². The summed E-state index contributed by atoms with van der Waals surface area (Å²) in [6.07, 6.45) is 1.68. The maximum atomic E-state index is 17.1. The van der Waals surface area contributed by atoms with Gasteiger partial charge in [-0.2, -0.15) is 0 Å². The van der Waals surface area contributed by atoms with Gasteiger partial charge in [-0.25, -0.2) is 22.9 Å². The topological polar surface area (TPSA) is 154 Å². The van der Waals surface area contributed by atoms with Crippen LogP contribution < -0.4 is 24.7 Å². The van der Waals surface area contributed by atoms with Gasteiger partial charge in [0.05, 0.1) is 54.5 Å². The first-order valence-corrected chi connectivity index (χ1v) is 27.3. The number of amides is 1. The van der Waals surface area contributed by atoms with Crippen LogP contribution in [0.4, 0.5) is 25.0 Å². The van der Waals surface area contributed by atoms with Crippen molar-refractivity contribution in [1.29, 1.82) is 0 Å². The van der Waals surface area contributed by atoms with E-state index in [-0.39, 0.29) is 101 Å². The molecule has 6 aromatic rings. The molecule has 1 amide bonds. The zero-order valence-corrected chi connectivity index (χ0v) is 44.2. The quantitative estimate of drug-likeness (QED) is 0.0430. The molecule has 15 nitrogen and oxygen atoms in total. The molecule has 3 atom stereocenters. The Hall–Kier alpha value is -6.40. The van der Waals surface area contributed by atoms with E-state index >= 15 is 13.3 Å². The van der Waals surface area contributed by atoms with Crippen molar-refractivity contribution < 1.29 is 59.9 Å². The van der Waals surface area contributed by atoms with Crippen LogP contribution in [0, 0.1) is 11.6 Å². The maximum absolute atomic E-state index is 17.1. The fourth-order valence-electron chi connectivity index (χ4n) is 9.42. The monoisotopic (exact) mass is 1060 g/mol. The molecule has 3 aliphatic heterocycles. The molecule has 0 unspecified atom stereocenters. The summed E-state index contributed by atoms with van der Waals surface area (Å²) >= 11 is 0. The van der Waals surface area contributed by atoms with E-state index in [1.165, 1.54) is 29.3 Å². The predicted octanol–water partition coefficient (Wildman–Crippen LogP) is 11.3. The average molecular weight is 1060 g/mol. The lowest BCUT2D eigenvalue weighted by Gasteiger charge is -2.35. The molecular formula is C56H58F2N3O12PSi. The predicted molar refractivity (Wildman–Crippen MR) is 277 cm³/mol. The number of carbonyl (C=O) groups is 2. The van der Waals surface area contributed by atoms with E-state index in [2.05, 4.69) is 20.8 Å². The van der Waals surface area contributed by atoms with E-state index in [4.69, 9.17) is 36.9 Å². The van der Waals surface area contributed by atoms with E-state index in [0.717, 1.165) is 24.5 Å². The molecule has 1 saturated carbocycles. The lowest BCUT2D eigenvalue weighted by molar-refractivity contribution is -0.0139. The Morgan fingerprint density at radius 3 is 2.04 bits per heavy atom. The first-order valence-electron chi connectivity index (χ1n) is 24.9. The third kappa shape index (κ3) is 11.6. The number of hydrogen-bond acceptors (Lipinski definition) is 13. The van der Waals surface area contributed by atoms with Crippen molar-refractivity contribution in [2.75, 3.05) is 36.1 Å². The van der Waals surface area contributed by atoms with Gasteiger partial charge in [-0.1, -0.05) is 112 Å². The fourth-order valence-corrected chi connectivity index (χ4v) is 11.6. The maximum Gasteiger partial charge on any atom is 0.476 e. The second-order valence-electron chi connectivity index (χ2n) is 21.0. The summed E-state index contributed by atoms with van der Waals surface area (Å²) in [6.45, 7) is 8.94. The van der Waals surface area contributed by atoms with Crippen molar-refractivity contribution in [2.24, 2.45) is 0 Å². The number of pyridine rings is 1. The third-order valence-electron chi connectivity index (χ3n) is 13.5. The van der Waals surface area contributed by atoms with Crippen LogP contribution in [0.2, 0.25) is 5.04 Å². The van der Waals surface area contributed by atoms with Gasteiger partial charge in [-0.05, 0) is 66.6 Å². The number of anilines is 2. The van der Waals surface area contributed by atoms with Crippen molar-refractivity contribution in [1.82, 2.24) is 4.57 Å². The van der Waals surface area contributed by atoms with Crippen LogP contribution in [-0.2, 0) is 51.9 Å². The van der Waals surface area contributed by atoms with Crippen LogP contribution in [0.3, 0.4) is 0 Å². The van der Waals surface area contributed by atoms with Crippen LogP contribution in [0.15, 0.2) is 126 Å². The number of hydrogen-bond donors (Lipinski definition) is 0. The van der Waals surface area contributed by atoms with Crippen molar-refractivity contribution in [3.05, 3.63) is 166 Å². The Kier molecular flexibility index (Phi) is 14.5. The summed E-state index contributed by atoms with van der Waals surface area (Å²) in [5.41, 5.74) is -0.766. The minimum Gasteiger partial charge on any atom is -0.487 e. The summed E-state index contributed by atoms with van der Waals surface area (Å²) in [4.78, 5) is 44.0. The molecule has 2 saturated heterocycles. The third-order valence-corrected chi connectivity index (χ3v) is 16.2. The Bertz CT molecular complexity index is 3150. The highest BCUT2D eigenvalue weighted by Crippen LogP contribution is 2.58. The minimum atomic E-state index is -4.60. The summed E-state index contributed by atoms with van der Waals surface area (Å²) in [5, 5.41) is -0.158. The molecule has 2 radical (unpaired) electrons. The minimum absolute atomic E-state index is 0.00722. The highest BCUT2D eigenvalue weighted by Gasteiger charge is 2.54. The van der Waals surface area contributed by atoms with Gasteiger partial charge in [-0.15, -0.1) is 0 Å². The molecule has 75 heavy (non-hydrogen) atoms. The second kappa shape index (κ2) is 21.0. The van der Waals surface area contributed by atoms with Crippen molar-refractivity contribution in [3.63, 3.8) is 0 Å². The molecule has 0 N–H and O–H groups in total. The number of fused-ring (bicyclic) bond motifs is 5. The Morgan fingerprint density at radius 1 is 0.813 bits per heavy atom. The van der Waals surface area contributed by atoms with Crippen LogP contribution in [-0.4, -0.2) is 76.0 Å². The number of esters is 1. The van der Waals surface area contributed by atoms with E-state index in [0.29, 0.717) is 16.6 Å². The van der Waals surface area contributed by atoms with Gasteiger partial charge < -0.3 is 32.8 Å². The average Bonchev–Trinajstić information content (AvgIpc) is 4.08. The van der Waals surface area contributed by atoms with Gasteiger partial charge in [0.1, 0.15) is 42.8 Å². The molecule has 0 spiro atoms. The lowest BCUT2D eigenvalue weighted by atomic mass is 10.0. The van der Waals surface area contributed by atoms with Gasteiger partial charge >= 0.3 is 19.9 Å². The first kappa shape index (κ1) is 52.1. The van der Waals surface area contributed by atoms with Crippen LogP contribution >= 0.6 is 7.82 Å². The summed E-state index contributed by atoms with van der Waals surface area (Å²) in [6, 6.07) is 31.6. The van der Waals surface area contributed by atoms with Crippen LogP contribution in [0.5, 0.6) is 11.5 Å². The first-order chi connectivity index (χ1) is 35.9. The van der Waals surface area contributed by atoms with Crippen LogP contribution in [0.1, 0.15) is 87.0 Å². The fraction of sp³-hybridized carbons (Fsp3) is 0.375. The highest BCUT2D eigenvalue weighted by molar-refractivity contribution is 7.48.